The highest BCUT2D eigenvalue weighted by Crippen LogP contribution is 2.22. The molecule has 0 aromatic heterocycles. The lowest BCUT2D eigenvalue weighted by Gasteiger charge is -2.23. The van der Waals surface area contributed by atoms with Gasteiger partial charge in [0.25, 0.3) is 0 Å². The summed E-state index contributed by atoms with van der Waals surface area (Å²) in [7, 11) is 0. The lowest BCUT2D eigenvalue weighted by atomic mass is 10.1. The van der Waals surface area contributed by atoms with Gasteiger partial charge in [0, 0.05) is 10.0 Å². The molecule has 6 heteroatoms. The lowest BCUT2D eigenvalue weighted by molar-refractivity contribution is 0.0483. The predicted octanol–water partition coefficient (Wildman–Crippen LogP) is 3.42. The first-order valence-electron chi connectivity index (χ1n) is 6.25. The average Bonchev–Trinajstić information content (AvgIpc) is 2.30. The monoisotopic (exact) mass is 319 g/mol. The molecule has 0 saturated carbocycles. The van der Waals surface area contributed by atoms with Gasteiger partial charge in [0.2, 0.25) is 0 Å². The van der Waals surface area contributed by atoms with E-state index in [0.29, 0.717) is 16.5 Å². The molecule has 1 unspecified atom stereocenters. The van der Waals surface area contributed by atoms with Gasteiger partial charge in [-0.3, -0.25) is 0 Å². The average molecular weight is 320 g/mol. The number of hydrogen-bond donors (Lipinski definition) is 2. The van der Waals surface area contributed by atoms with Crippen molar-refractivity contribution in [3.8, 4) is 0 Å². The summed E-state index contributed by atoms with van der Waals surface area (Å²) < 4.78 is 5.14. The molecule has 0 fully saturated rings. The van der Waals surface area contributed by atoms with Gasteiger partial charge in [0.15, 0.2) is 0 Å². The van der Waals surface area contributed by atoms with Crippen LogP contribution in [-0.2, 0) is 11.2 Å². The van der Waals surface area contributed by atoms with Crippen LogP contribution in [0.15, 0.2) is 18.2 Å². The second-order valence-corrected chi connectivity index (χ2v) is 6.31. The fourth-order valence-electron chi connectivity index (χ4n) is 1.60. The van der Waals surface area contributed by atoms with Gasteiger partial charge in [0.1, 0.15) is 5.60 Å². The summed E-state index contributed by atoms with van der Waals surface area (Å²) >= 11 is 12.0. The maximum atomic E-state index is 11.7. The summed E-state index contributed by atoms with van der Waals surface area (Å²) in [4.78, 5) is 11.7. The fourth-order valence-corrected chi connectivity index (χ4v) is 1.99. The van der Waals surface area contributed by atoms with Gasteiger partial charge < -0.3 is 15.2 Å². The highest BCUT2D eigenvalue weighted by Gasteiger charge is 2.20. The molecule has 2 N–H and O–H groups in total. The Labute approximate surface area is 129 Å². The van der Waals surface area contributed by atoms with E-state index in [9.17, 15) is 9.90 Å². The third kappa shape index (κ3) is 5.99. The molecule has 0 aliphatic heterocycles. The molecule has 0 bridgehead atoms. The number of aliphatic hydroxyl groups excluding tert-OH is 1. The largest absolute Gasteiger partial charge is 0.444 e. The highest BCUT2D eigenvalue weighted by molar-refractivity contribution is 6.33. The number of hydrogen-bond acceptors (Lipinski definition) is 3. The molecule has 0 aliphatic carbocycles. The van der Waals surface area contributed by atoms with Crippen LogP contribution in [0.2, 0.25) is 10.0 Å². The van der Waals surface area contributed by atoms with Crippen molar-refractivity contribution < 1.29 is 14.6 Å². The maximum Gasteiger partial charge on any atom is 0.407 e. The summed E-state index contributed by atoms with van der Waals surface area (Å²) in [5.74, 6) is 0. The van der Waals surface area contributed by atoms with E-state index in [1.54, 1.807) is 39.0 Å². The molecule has 1 aromatic rings. The van der Waals surface area contributed by atoms with Crippen molar-refractivity contribution in [2.24, 2.45) is 0 Å². The predicted molar refractivity (Wildman–Crippen MR) is 80.4 cm³/mol. The van der Waals surface area contributed by atoms with E-state index in [1.165, 1.54) is 0 Å². The molecule has 112 valence electrons. The Kier molecular flexibility index (Phi) is 6.11. The number of carbonyl (C=O) groups is 1. The summed E-state index contributed by atoms with van der Waals surface area (Å²) in [6, 6.07) is 4.59. The van der Waals surface area contributed by atoms with Crippen molar-refractivity contribution in [2.45, 2.75) is 38.8 Å². The maximum absolute atomic E-state index is 11.7. The molecular formula is C14H19Cl2NO3. The van der Waals surface area contributed by atoms with E-state index >= 15 is 0 Å². The molecule has 1 amide bonds. The molecule has 0 radical (unpaired) electrons. The fraction of sp³-hybridized carbons (Fsp3) is 0.500. The number of nitrogens with one attached hydrogen (secondary N) is 1. The minimum Gasteiger partial charge on any atom is -0.444 e. The molecule has 1 rings (SSSR count). The molecular weight excluding hydrogens is 301 g/mol. The van der Waals surface area contributed by atoms with Crippen molar-refractivity contribution in [1.82, 2.24) is 5.32 Å². The Bertz CT molecular complexity index is 472. The number of benzene rings is 1. The van der Waals surface area contributed by atoms with E-state index in [-0.39, 0.29) is 6.61 Å². The Morgan fingerprint density at radius 3 is 2.60 bits per heavy atom. The summed E-state index contributed by atoms with van der Waals surface area (Å²) in [6.45, 7) is 5.10. The third-order valence-corrected chi connectivity index (χ3v) is 3.02. The molecule has 20 heavy (non-hydrogen) atoms. The number of carbonyl (C=O) groups excluding carboxylic acids is 1. The van der Waals surface area contributed by atoms with Gasteiger partial charge in [-0.15, -0.1) is 0 Å². The lowest BCUT2D eigenvalue weighted by Crippen LogP contribution is -2.42. The molecule has 0 saturated heterocycles. The van der Waals surface area contributed by atoms with Crippen LogP contribution >= 0.6 is 23.2 Å². The molecule has 4 nitrogen and oxygen atoms in total. The second kappa shape index (κ2) is 7.16. The summed E-state index contributed by atoms with van der Waals surface area (Å²) in [6.07, 6.45) is -0.204. The first-order chi connectivity index (χ1) is 9.21. The number of halogens is 2. The number of rotatable bonds is 4. The van der Waals surface area contributed by atoms with Crippen LogP contribution < -0.4 is 5.32 Å². The second-order valence-electron chi connectivity index (χ2n) is 5.47. The SMILES string of the molecule is CC(C)(C)OC(=O)NC(CO)Cc1cc(Cl)ccc1Cl. The third-order valence-electron chi connectivity index (χ3n) is 2.42. The molecule has 1 atom stereocenters. The van der Waals surface area contributed by atoms with Crippen molar-refractivity contribution >= 4 is 29.3 Å². The van der Waals surface area contributed by atoms with Crippen molar-refractivity contribution in [2.75, 3.05) is 6.61 Å². The van der Waals surface area contributed by atoms with E-state index in [1.807, 2.05) is 0 Å². The number of aliphatic hydroxyl groups is 1. The van der Waals surface area contributed by atoms with Gasteiger partial charge in [0.05, 0.1) is 12.6 Å². The Balaban J connectivity index is 2.68. The quantitative estimate of drug-likeness (QED) is 0.894. The number of ether oxygens (including phenoxy) is 1. The van der Waals surface area contributed by atoms with Crippen LogP contribution in [0.1, 0.15) is 26.3 Å². The molecule has 0 aliphatic rings. The van der Waals surface area contributed by atoms with E-state index in [4.69, 9.17) is 27.9 Å². The van der Waals surface area contributed by atoms with Gasteiger partial charge in [-0.1, -0.05) is 23.2 Å². The van der Waals surface area contributed by atoms with Crippen molar-refractivity contribution in [3.05, 3.63) is 33.8 Å². The first-order valence-corrected chi connectivity index (χ1v) is 7.01. The van der Waals surface area contributed by atoms with Gasteiger partial charge in [-0.25, -0.2) is 4.79 Å². The van der Waals surface area contributed by atoms with Crippen LogP contribution in [0, 0.1) is 0 Å². The minimum absolute atomic E-state index is 0.220. The number of alkyl carbamates (subject to hydrolysis) is 1. The van der Waals surface area contributed by atoms with Crippen LogP contribution in [0.25, 0.3) is 0 Å². The van der Waals surface area contributed by atoms with Crippen molar-refractivity contribution in [1.29, 1.82) is 0 Å². The van der Waals surface area contributed by atoms with Crippen molar-refractivity contribution in [3.63, 3.8) is 0 Å². The minimum atomic E-state index is -0.586. The Hall–Kier alpha value is -0.970. The smallest absolute Gasteiger partial charge is 0.407 e. The van der Waals surface area contributed by atoms with Gasteiger partial charge >= 0.3 is 6.09 Å². The molecule has 0 heterocycles. The van der Waals surface area contributed by atoms with Crippen LogP contribution in [-0.4, -0.2) is 29.4 Å². The standard InChI is InChI=1S/C14H19Cl2NO3/c1-14(2,3)20-13(19)17-11(8-18)7-9-6-10(15)4-5-12(9)16/h4-6,11,18H,7-8H2,1-3H3,(H,17,19). The van der Waals surface area contributed by atoms with Crippen LogP contribution in [0.5, 0.6) is 0 Å². The molecule has 1 aromatic carbocycles. The summed E-state index contributed by atoms with van der Waals surface area (Å²) in [5.41, 5.74) is 0.173. The van der Waals surface area contributed by atoms with Gasteiger partial charge in [-0.2, -0.15) is 0 Å². The van der Waals surface area contributed by atoms with Crippen LogP contribution in [0.3, 0.4) is 0 Å². The Morgan fingerprint density at radius 1 is 1.40 bits per heavy atom. The Morgan fingerprint density at radius 2 is 2.05 bits per heavy atom. The topological polar surface area (TPSA) is 58.6 Å². The normalized spacial score (nSPS) is 12.9. The van der Waals surface area contributed by atoms with E-state index in [0.717, 1.165) is 5.56 Å². The van der Waals surface area contributed by atoms with E-state index < -0.39 is 17.7 Å². The highest BCUT2D eigenvalue weighted by atomic mass is 35.5. The van der Waals surface area contributed by atoms with Gasteiger partial charge in [-0.05, 0) is 51.0 Å². The zero-order valence-corrected chi connectivity index (χ0v) is 13.3. The zero-order valence-electron chi connectivity index (χ0n) is 11.7. The van der Waals surface area contributed by atoms with Crippen LogP contribution in [0.4, 0.5) is 4.79 Å². The zero-order chi connectivity index (χ0) is 15.3. The summed E-state index contributed by atoms with van der Waals surface area (Å²) in [5, 5.41) is 13.0. The first kappa shape index (κ1) is 17.1. The molecule has 0 spiro atoms. The number of amides is 1. The van der Waals surface area contributed by atoms with E-state index in [2.05, 4.69) is 5.32 Å².